The molecule has 1 aromatic heterocycles. The van der Waals surface area contributed by atoms with Crippen LogP contribution in [-0.4, -0.2) is 34.7 Å². The number of nitrogens with one attached hydrogen (secondary N) is 1. The number of hydrogen-bond acceptors (Lipinski definition) is 4. The van der Waals surface area contributed by atoms with E-state index in [0.29, 0.717) is 12.2 Å². The molecule has 2 heterocycles. The highest BCUT2D eigenvalue weighted by molar-refractivity contribution is 5.99. The fourth-order valence-corrected chi connectivity index (χ4v) is 3.55. The van der Waals surface area contributed by atoms with Crippen molar-refractivity contribution in [3.05, 3.63) is 71.4 Å². The lowest BCUT2D eigenvalue weighted by Gasteiger charge is -2.31. The molecule has 1 aliphatic heterocycles. The number of nitrogens with zero attached hydrogens (tertiary/aromatic N) is 2. The molecule has 1 N–H and O–H groups in total. The number of para-hydroxylation sites is 1. The zero-order chi connectivity index (χ0) is 20.4. The van der Waals surface area contributed by atoms with Crippen LogP contribution < -0.4 is 4.90 Å². The third-order valence-electron chi connectivity index (χ3n) is 5.15. The molecule has 148 valence electrons. The number of benzene rings is 2. The van der Waals surface area contributed by atoms with E-state index in [1.54, 1.807) is 17.9 Å². The number of fused-ring (bicyclic) bond motifs is 1. The molecule has 2 aromatic carbocycles. The molecule has 4 rings (SSSR count). The summed E-state index contributed by atoms with van der Waals surface area (Å²) < 4.78 is 5.43. The molecule has 0 unspecified atom stereocenters. The summed E-state index contributed by atoms with van der Waals surface area (Å²) in [5.74, 6) is -0.814. The number of carbonyl (C=O) groups is 2. The van der Waals surface area contributed by atoms with Crippen molar-refractivity contribution in [2.75, 3.05) is 11.4 Å². The van der Waals surface area contributed by atoms with E-state index >= 15 is 0 Å². The molecule has 1 aliphatic rings. The Morgan fingerprint density at radius 1 is 1.14 bits per heavy atom. The molecule has 0 radical (unpaired) electrons. The molecule has 1 amide bonds. The normalized spacial score (nSPS) is 14.2. The maximum absolute atomic E-state index is 12.9. The number of amides is 1. The number of anilines is 1. The molecule has 0 bridgehead atoms. The zero-order valence-corrected chi connectivity index (χ0v) is 16.5. The summed E-state index contributed by atoms with van der Waals surface area (Å²) >= 11 is 0. The Bertz CT molecular complexity index is 1040. The van der Waals surface area contributed by atoms with Crippen molar-refractivity contribution in [2.45, 2.75) is 32.8 Å². The number of aromatic amines is 1. The first-order valence-corrected chi connectivity index (χ1v) is 9.75. The fraction of sp³-hybridized carbons (Fsp3) is 0.261. The van der Waals surface area contributed by atoms with E-state index in [9.17, 15) is 9.59 Å². The van der Waals surface area contributed by atoms with Crippen molar-refractivity contribution in [3.63, 3.8) is 0 Å². The quantitative estimate of drug-likeness (QED) is 0.687. The van der Waals surface area contributed by atoms with Crippen molar-refractivity contribution in [3.8, 4) is 11.3 Å². The summed E-state index contributed by atoms with van der Waals surface area (Å²) in [7, 11) is 0. The molecule has 0 saturated heterocycles. The molecule has 0 saturated carbocycles. The molecule has 6 heteroatoms. The van der Waals surface area contributed by atoms with Gasteiger partial charge in [0.2, 0.25) is 0 Å². The highest BCUT2D eigenvalue weighted by atomic mass is 16.5. The second-order valence-corrected chi connectivity index (χ2v) is 7.30. The average Bonchev–Trinajstić information content (AvgIpc) is 3.23. The summed E-state index contributed by atoms with van der Waals surface area (Å²) in [6.45, 7) is 4.24. The van der Waals surface area contributed by atoms with Crippen LogP contribution in [0.15, 0.2) is 54.6 Å². The van der Waals surface area contributed by atoms with Gasteiger partial charge in [0.15, 0.2) is 6.10 Å². The van der Waals surface area contributed by atoms with E-state index in [1.807, 2.05) is 55.5 Å². The molecule has 0 spiro atoms. The molecule has 0 aliphatic carbocycles. The van der Waals surface area contributed by atoms with Gasteiger partial charge in [0, 0.05) is 17.8 Å². The Morgan fingerprint density at radius 2 is 1.90 bits per heavy atom. The van der Waals surface area contributed by atoms with Gasteiger partial charge in [0.05, 0.1) is 5.69 Å². The summed E-state index contributed by atoms with van der Waals surface area (Å²) in [6, 6.07) is 17.4. The minimum atomic E-state index is -0.889. The molecule has 6 nitrogen and oxygen atoms in total. The van der Waals surface area contributed by atoms with E-state index in [2.05, 4.69) is 10.2 Å². The highest BCUT2D eigenvalue weighted by Gasteiger charge is 2.29. The molecule has 1 atom stereocenters. The zero-order valence-electron chi connectivity index (χ0n) is 16.5. The van der Waals surface area contributed by atoms with Crippen LogP contribution in [0.2, 0.25) is 0 Å². The minimum Gasteiger partial charge on any atom is -0.448 e. The first kappa shape index (κ1) is 18.9. The topological polar surface area (TPSA) is 75.3 Å². The second kappa shape index (κ2) is 7.91. The SMILES string of the molecule is Cc1ccc(-c2cc(C(=O)O[C@@H](C)C(=O)N3CCCc4ccccc43)[nH]n2)cc1. The van der Waals surface area contributed by atoms with Gasteiger partial charge in [-0.15, -0.1) is 0 Å². The van der Waals surface area contributed by atoms with E-state index < -0.39 is 12.1 Å². The lowest BCUT2D eigenvalue weighted by Crippen LogP contribution is -2.42. The van der Waals surface area contributed by atoms with Crippen molar-refractivity contribution < 1.29 is 14.3 Å². The fourth-order valence-electron chi connectivity index (χ4n) is 3.55. The number of rotatable bonds is 4. The number of H-pyrrole nitrogens is 1. The number of esters is 1. The van der Waals surface area contributed by atoms with Crippen molar-refractivity contribution in [1.29, 1.82) is 0 Å². The summed E-state index contributed by atoms with van der Waals surface area (Å²) in [6.07, 6.45) is 0.952. The van der Waals surface area contributed by atoms with Gasteiger partial charge in [-0.05, 0) is 44.4 Å². The Balaban J connectivity index is 1.45. The monoisotopic (exact) mass is 389 g/mol. The van der Waals surface area contributed by atoms with Crippen molar-refractivity contribution >= 4 is 17.6 Å². The number of aryl methyl sites for hydroxylation is 2. The van der Waals surface area contributed by atoms with Gasteiger partial charge in [-0.25, -0.2) is 4.79 Å². The van der Waals surface area contributed by atoms with Gasteiger partial charge < -0.3 is 9.64 Å². The smallest absolute Gasteiger partial charge is 0.357 e. The average molecular weight is 389 g/mol. The van der Waals surface area contributed by atoms with E-state index in [4.69, 9.17) is 4.74 Å². The van der Waals surface area contributed by atoms with Gasteiger partial charge in [-0.2, -0.15) is 5.10 Å². The minimum absolute atomic E-state index is 0.219. The van der Waals surface area contributed by atoms with E-state index in [-0.39, 0.29) is 11.6 Å². The van der Waals surface area contributed by atoms with Crippen LogP contribution in [0.5, 0.6) is 0 Å². The molecule has 29 heavy (non-hydrogen) atoms. The first-order valence-electron chi connectivity index (χ1n) is 9.75. The Hall–Kier alpha value is -3.41. The summed E-state index contributed by atoms with van der Waals surface area (Å²) in [5, 5.41) is 6.90. The number of aromatic nitrogens is 2. The summed E-state index contributed by atoms with van der Waals surface area (Å²) in [4.78, 5) is 27.1. The van der Waals surface area contributed by atoms with Crippen LogP contribution in [0, 0.1) is 6.92 Å². The van der Waals surface area contributed by atoms with Crippen molar-refractivity contribution in [1.82, 2.24) is 10.2 Å². The third kappa shape index (κ3) is 3.92. The maximum Gasteiger partial charge on any atom is 0.357 e. The summed E-state index contributed by atoms with van der Waals surface area (Å²) in [5.41, 5.74) is 4.97. The third-order valence-corrected chi connectivity index (χ3v) is 5.15. The Kier molecular flexibility index (Phi) is 5.16. The Morgan fingerprint density at radius 3 is 2.69 bits per heavy atom. The molecular weight excluding hydrogens is 366 g/mol. The van der Waals surface area contributed by atoms with Gasteiger partial charge in [0.1, 0.15) is 5.69 Å². The van der Waals surface area contributed by atoms with Crippen LogP contribution in [0.25, 0.3) is 11.3 Å². The molecule has 0 fully saturated rings. The molecular formula is C23H23N3O3. The number of hydrogen-bond donors (Lipinski definition) is 1. The van der Waals surface area contributed by atoms with Crippen LogP contribution in [0.4, 0.5) is 5.69 Å². The van der Waals surface area contributed by atoms with Gasteiger partial charge in [-0.1, -0.05) is 48.0 Å². The van der Waals surface area contributed by atoms with E-state index in [1.165, 1.54) is 0 Å². The largest absolute Gasteiger partial charge is 0.448 e. The standard InChI is InChI=1S/C23H23N3O3/c1-15-9-11-17(12-10-15)19-14-20(25-24-19)23(28)29-16(2)22(27)26-13-5-7-18-6-3-4-8-21(18)26/h3-4,6,8-12,14,16H,5,7,13H2,1-2H3,(H,24,25)/t16-/m0/s1. The number of carbonyl (C=O) groups excluding carboxylic acids is 2. The van der Waals surface area contributed by atoms with Gasteiger partial charge in [-0.3, -0.25) is 9.89 Å². The predicted molar refractivity (Wildman–Crippen MR) is 111 cm³/mol. The van der Waals surface area contributed by atoms with Crippen LogP contribution in [0.1, 0.15) is 35.0 Å². The van der Waals surface area contributed by atoms with Crippen LogP contribution in [0.3, 0.4) is 0 Å². The lowest BCUT2D eigenvalue weighted by atomic mass is 10.0. The van der Waals surface area contributed by atoms with Gasteiger partial charge in [0.25, 0.3) is 5.91 Å². The lowest BCUT2D eigenvalue weighted by molar-refractivity contribution is -0.126. The Labute approximate surface area is 169 Å². The second-order valence-electron chi connectivity index (χ2n) is 7.30. The maximum atomic E-state index is 12.9. The first-order chi connectivity index (χ1) is 14.0. The number of ether oxygens (including phenoxy) is 1. The van der Waals surface area contributed by atoms with Crippen molar-refractivity contribution in [2.24, 2.45) is 0 Å². The van der Waals surface area contributed by atoms with Gasteiger partial charge >= 0.3 is 5.97 Å². The highest BCUT2D eigenvalue weighted by Crippen LogP contribution is 2.27. The van der Waals surface area contributed by atoms with E-state index in [0.717, 1.165) is 35.2 Å². The predicted octanol–water partition coefficient (Wildman–Crippen LogP) is 3.91. The van der Waals surface area contributed by atoms with Crippen LogP contribution in [-0.2, 0) is 16.0 Å². The van der Waals surface area contributed by atoms with Crippen LogP contribution >= 0.6 is 0 Å². The molecule has 3 aromatic rings.